The largest absolute Gasteiger partial charge is 0.452 e. The summed E-state index contributed by atoms with van der Waals surface area (Å²) < 4.78 is 32.1. The van der Waals surface area contributed by atoms with E-state index in [1.54, 1.807) is 38.4 Å². The first kappa shape index (κ1) is 19.5. The summed E-state index contributed by atoms with van der Waals surface area (Å²) in [7, 11) is -0.664. The average molecular weight is 376 g/mol. The van der Waals surface area contributed by atoms with Crippen LogP contribution in [0, 0.1) is 6.92 Å². The van der Waals surface area contributed by atoms with E-state index in [0.29, 0.717) is 5.69 Å². The third kappa shape index (κ3) is 5.06. The van der Waals surface area contributed by atoms with Crippen LogP contribution in [0.3, 0.4) is 0 Å². The van der Waals surface area contributed by atoms with Gasteiger partial charge in [0.15, 0.2) is 6.61 Å². The highest BCUT2D eigenvalue weighted by Gasteiger charge is 2.16. The molecular weight excluding hydrogens is 356 g/mol. The first-order chi connectivity index (χ1) is 12.2. The van der Waals surface area contributed by atoms with Gasteiger partial charge in [0.1, 0.15) is 0 Å². The number of aryl methyl sites for hydroxylation is 1. The molecule has 0 spiro atoms. The fraction of sp³-hybridized carbons (Fsp3) is 0.222. The molecule has 26 heavy (non-hydrogen) atoms. The van der Waals surface area contributed by atoms with Gasteiger partial charge in [-0.25, -0.2) is 13.2 Å². The molecule has 0 radical (unpaired) electrons. The predicted molar refractivity (Wildman–Crippen MR) is 97.4 cm³/mol. The first-order valence-electron chi connectivity index (χ1n) is 7.76. The molecule has 0 unspecified atom stereocenters. The van der Waals surface area contributed by atoms with Gasteiger partial charge >= 0.3 is 5.97 Å². The molecule has 7 nitrogen and oxygen atoms in total. The number of esters is 1. The smallest absolute Gasteiger partial charge is 0.338 e. The summed E-state index contributed by atoms with van der Waals surface area (Å²) in [6, 6.07) is 12.2. The number of nitrogens with zero attached hydrogens (tertiary/aromatic N) is 1. The van der Waals surface area contributed by atoms with Crippen LogP contribution >= 0.6 is 0 Å². The molecule has 0 fully saturated rings. The minimum Gasteiger partial charge on any atom is -0.452 e. The number of hydrogen-bond acceptors (Lipinski definition) is 5. The van der Waals surface area contributed by atoms with Gasteiger partial charge in [0.05, 0.1) is 10.5 Å². The SMILES string of the molecule is Cc1ccc(NS(=O)(=O)c2ccc(C(=O)OCC(=O)N(C)C)cc2)cc1. The number of sulfonamides is 1. The number of carbonyl (C=O) groups excluding carboxylic acids is 2. The van der Waals surface area contributed by atoms with Crippen LogP contribution in [0.15, 0.2) is 53.4 Å². The Hall–Kier alpha value is -2.87. The maximum absolute atomic E-state index is 12.4. The summed E-state index contributed by atoms with van der Waals surface area (Å²) in [6.07, 6.45) is 0. The number of hydrogen-bond donors (Lipinski definition) is 1. The zero-order valence-electron chi connectivity index (χ0n) is 14.7. The van der Waals surface area contributed by atoms with E-state index in [-0.39, 0.29) is 23.0 Å². The van der Waals surface area contributed by atoms with Crippen molar-refractivity contribution < 1.29 is 22.7 Å². The van der Waals surface area contributed by atoms with Crippen molar-refractivity contribution in [3.05, 3.63) is 59.7 Å². The first-order valence-corrected chi connectivity index (χ1v) is 9.24. The zero-order chi connectivity index (χ0) is 19.3. The highest BCUT2D eigenvalue weighted by Crippen LogP contribution is 2.17. The van der Waals surface area contributed by atoms with Crippen LogP contribution in [-0.2, 0) is 19.6 Å². The molecule has 0 heterocycles. The van der Waals surface area contributed by atoms with Crippen molar-refractivity contribution in [1.82, 2.24) is 4.90 Å². The number of carbonyl (C=O) groups is 2. The molecule has 2 aromatic carbocycles. The molecule has 0 bridgehead atoms. The Balaban J connectivity index is 2.06. The van der Waals surface area contributed by atoms with Crippen LogP contribution in [0.5, 0.6) is 0 Å². The molecule has 0 aliphatic carbocycles. The van der Waals surface area contributed by atoms with Crippen LogP contribution in [0.4, 0.5) is 5.69 Å². The second-order valence-electron chi connectivity index (χ2n) is 5.86. The van der Waals surface area contributed by atoms with Crippen molar-refractivity contribution in [2.45, 2.75) is 11.8 Å². The van der Waals surface area contributed by atoms with Crippen LogP contribution in [0.2, 0.25) is 0 Å². The lowest BCUT2D eigenvalue weighted by Crippen LogP contribution is -2.27. The van der Waals surface area contributed by atoms with Gasteiger partial charge in [-0.05, 0) is 43.3 Å². The highest BCUT2D eigenvalue weighted by molar-refractivity contribution is 7.92. The van der Waals surface area contributed by atoms with Crippen molar-refractivity contribution in [3.63, 3.8) is 0 Å². The third-order valence-corrected chi connectivity index (χ3v) is 4.93. The summed E-state index contributed by atoms with van der Waals surface area (Å²) >= 11 is 0. The summed E-state index contributed by atoms with van der Waals surface area (Å²) in [5, 5.41) is 0. The minimum absolute atomic E-state index is 0.0130. The Bertz CT molecular complexity index is 888. The quantitative estimate of drug-likeness (QED) is 0.779. The Morgan fingerprint density at radius 1 is 1.00 bits per heavy atom. The number of nitrogens with one attached hydrogen (secondary N) is 1. The molecule has 2 aromatic rings. The average Bonchev–Trinajstić information content (AvgIpc) is 2.61. The Morgan fingerprint density at radius 2 is 1.58 bits per heavy atom. The van der Waals surface area contributed by atoms with Crippen LogP contribution < -0.4 is 4.72 Å². The molecule has 0 atom stereocenters. The van der Waals surface area contributed by atoms with Gasteiger partial charge < -0.3 is 9.64 Å². The van der Waals surface area contributed by atoms with E-state index in [9.17, 15) is 18.0 Å². The van der Waals surface area contributed by atoms with E-state index in [0.717, 1.165) is 5.56 Å². The van der Waals surface area contributed by atoms with Crippen molar-refractivity contribution in [1.29, 1.82) is 0 Å². The molecular formula is C18H20N2O5S. The summed E-state index contributed by atoms with van der Waals surface area (Å²) in [4.78, 5) is 24.6. The molecule has 2 rings (SSSR count). The number of anilines is 1. The van der Waals surface area contributed by atoms with Gasteiger partial charge in [-0.3, -0.25) is 9.52 Å². The van der Waals surface area contributed by atoms with Crippen LogP contribution in [0.25, 0.3) is 0 Å². The van der Waals surface area contributed by atoms with Crippen molar-refractivity contribution in [2.24, 2.45) is 0 Å². The highest BCUT2D eigenvalue weighted by atomic mass is 32.2. The fourth-order valence-corrected chi connectivity index (χ4v) is 3.00. The summed E-state index contributed by atoms with van der Waals surface area (Å²) in [6.45, 7) is 1.53. The minimum atomic E-state index is -3.77. The number of rotatable bonds is 6. The number of likely N-dealkylation sites (N-methyl/N-ethyl adjacent to an activating group) is 1. The second kappa shape index (κ2) is 8.01. The van der Waals surface area contributed by atoms with E-state index >= 15 is 0 Å². The van der Waals surface area contributed by atoms with E-state index in [2.05, 4.69) is 4.72 Å². The molecule has 138 valence electrons. The standard InChI is InChI=1S/C18H20N2O5S/c1-13-4-8-15(9-5-13)19-26(23,24)16-10-6-14(7-11-16)18(22)25-12-17(21)20(2)3/h4-11,19H,12H2,1-3H3. The normalized spacial score (nSPS) is 10.9. The molecule has 0 aromatic heterocycles. The van der Waals surface area contributed by atoms with Gasteiger partial charge in [-0.2, -0.15) is 0 Å². The topological polar surface area (TPSA) is 92.8 Å². The number of amides is 1. The Morgan fingerprint density at radius 3 is 2.12 bits per heavy atom. The lowest BCUT2D eigenvalue weighted by molar-refractivity contribution is -0.131. The molecule has 0 aliphatic rings. The van der Waals surface area contributed by atoms with Gasteiger partial charge in [0.2, 0.25) is 0 Å². The third-order valence-electron chi connectivity index (χ3n) is 3.53. The van der Waals surface area contributed by atoms with Gasteiger partial charge in [0, 0.05) is 19.8 Å². The number of benzene rings is 2. The monoisotopic (exact) mass is 376 g/mol. The van der Waals surface area contributed by atoms with Crippen LogP contribution in [-0.4, -0.2) is 45.9 Å². The van der Waals surface area contributed by atoms with Gasteiger partial charge in [0.25, 0.3) is 15.9 Å². The van der Waals surface area contributed by atoms with Crippen molar-refractivity contribution in [2.75, 3.05) is 25.4 Å². The summed E-state index contributed by atoms with van der Waals surface area (Å²) in [5.41, 5.74) is 1.62. The molecule has 1 N–H and O–H groups in total. The molecule has 8 heteroatoms. The molecule has 1 amide bonds. The molecule has 0 saturated carbocycles. The fourth-order valence-electron chi connectivity index (χ4n) is 1.95. The van der Waals surface area contributed by atoms with Gasteiger partial charge in [-0.15, -0.1) is 0 Å². The maximum Gasteiger partial charge on any atom is 0.338 e. The predicted octanol–water partition coefficient (Wildman–Crippen LogP) is 2.04. The molecule has 0 saturated heterocycles. The summed E-state index contributed by atoms with van der Waals surface area (Å²) in [5.74, 6) is -1.05. The van der Waals surface area contributed by atoms with Gasteiger partial charge in [-0.1, -0.05) is 17.7 Å². The lowest BCUT2D eigenvalue weighted by Gasteiger charge is -2.11. The van der Waals surface area contributed by atoms with E-state index in [1.807, 2.05) is 6.92 Å². The Labute approximate surface area is 152 Å². The number of ether oxygens (including phenoxy) is 1. The van der Waals surface area contributed by atoms with Crippen LogP contribution in [0.1, 0.15) is 15.9 Å². The van der Waals surface area contributed by atoms with Crippen molar-refractivity contribution in [3.8, 4) is 0 Å². The molecule has 0 aliphatic heterocycles. The maximum atomic E-state index is 12.4. The lowest BCUT2D eigenvalue weighted by atomic mass is 10.2. The second-order valence-corrected chi connectivity index (χ2v) is 7.54. The zero-order valence-corrected chi connectivity index (χ0v) is 15.5. The van der Waals surface area contributed by atoms with Crippen molar-refractivity contribution >= 4 is 27.6 Å². The van der Waals surface area contributed by atoms with E-state index in [4.69, 9.17) is 4.74 Å². The van der Waals surface area contributed by atoms with E-state index < -0.39 is 16.0 Å². The van der Waals surface area contributed by atoms with E-state index in [1.165, 1.54) is 29.2 Å². The Kier molecular flexibility index (Phi) is 5.99.